The van der Waals surface area contributed by atoms with E-state index in [1.807, 2.05) is 0 Å². The molecular formula is C6H4BrN5OS. The molecular weight excluding hydrogens is 270 g/mol. The lowest BCUT2D eigenvalue weighted by molar-refractivity contribution is 0.103. The minimum absolute atomic E-state index is 0.181. The number of ketones is 1. The van der Waals surface area contributed by atoms with Gasteiger partial charge in [0.2, 0.25) is 5.78 Å². The highest BCUT2D eigenvalue weighted by molar-refractivity contribution is 9.10. The number of carbonyl (C=O) groups is 1. The third-order valence-electron chi connectivity index (χ3n) is 1.59. The number of carbonyl (C=O) groups excluding carboxylic acids is 1. The van der Waals surface area contributed by atoms with Crippen molar-refractivity contribution in [2.75, 3.05) is 0 Å². The van der Waals surface area contributed by atoms with Crippen molar-refractivity contribution in [3.05, 3.63) is 21.4 Å². The number of nitrogens with zero attached hydrogens (tertiary/aromatic N) is 5. The van der Waals surface area contributed by atoms with Gasteiger partial charge in [0.05, 0.1) is 6.20 Å². The highest BCUT2D eigenvalue weighted by atomic mass is 79.9. The molecule has 0 amide bonds. The van der Waals surface area contributed by atoms with Crippen LogP contribution in [0.3, 0.4) is 0 Å². The number of hydrogen-bond donors (Lipinski definition) is 0. The Morgan fingerprint density at radius 1 is 1.64 bits per heavy atom. The molecule has 0 saturated carbocycles. The third kappa shape index (κ3) is 1.46. The summed E-state index contributed by atoms with van der Waals surface area (Å²) in [5.74, 6) is -0.181. The quantitative estimate of drug-likeness (QED) is 0.752. The topological polar surface area (TPSA) is 73.6 Å². The Hall–Kier alpha value is -1.15. The number of halogens is 1. The summed E-state index contributed by atoms with van der Waals surface area (Å²) in [6, 6.07) is 0. The highest BCUT2D eigenvalue weighted by Gasteiger charge is 2.20. The zero-order valence-electron chi connectivity index (χ0n) is 7.01. The van der Waals surface area contributed by atoms with E-state index in [-0.39, 0.29) is 5.78 Å². The molecule has 0 atom stereocenters. The molecule has 2 rings (SSSR count). The van der Waals surface area contributed by atoms with E-state index in [0.29, 0.717) is 15.2 Å². The Morgan fingerprint density at radius 2 is 2.43 bits per heavy atom. The van der Waals surface area contributed by atoms with Gasteiger partial charge in [-0.15, -0.1) is 10.2 Å². The maximum absolute atomic E-state index is 11.8. The van der Waals surface area contributed by atoms with Gasteiger partial charge in [-0.1, -0.05) is 9.70 Å². The van der Waals surface area contributed by atoms with Crippen LogP contribution in [0.1, 0.15) is 15.4 Å². The molecule has 0 aliphatic carbocycles. The van der Waals surface area contributed by atoms with Gasteiger partial charge in [-0.2, -0.15) is 0 Å². The molecule has 0 unspecified atom stereocenters. The number of aromatic nitrogens is 5. The van der Waals surface area contributed by atoms with Gasteiger partial charge in [0, 0.05) is 7.05 Å². The number of aryl methyl sites for hydroxylation is 1. The molecule has 0 spiro atoms. The highest BCUT2D eigenvalue weighted by Crippen LogP contribution is 2.17. The molecule has 0 aromatic carbocycles. The molecule has 0 aliphatic rings. The van der Waals surface area contributed by atoms with Gasteiger partial charge in [0.25, 0.3) is 0 Å². The fourth-order valence-electron chi connectivity index (χ4n) is 0.956. The van der Waals surface area contributed by atoms with Gasteiger partial charge >= 0.3 is 0 Å². The Morgan fingerprint density at radius 3 is 2.93 bits per heavy atom. The minimum Gasteiger partial charge on any atom is -0.286 e. The van der Waals surface area contributed by atoms with Crippen LogP contribution in [-0.2, 0) is 7.05 Å². The third-order valence-corrected chi connectivity index (χ3v) is 2.78. The average Bonchev–Trinajstić information content (AvgIpc) is 2.75. The molecule has 0 fully saturated rings. The zero-order valence-corrected chi connectivity index (χ0v) is 9.41. The summed E-state index contributed by atoms with van der Waals surface area (Å²) < 4.78 is 5.46. The first-order valence-electron chi connectivity index (χ1n) is 3.57. The molecule has 2 heterocycles. The molecule has 0 saturated heterocycles. The van der Waals surface area contributed by atoms with E-state index in [1.165, 1.54) is 10.9 Å². The zero-order chi connectivity index (χ0) is 10.1. The normalized spacial score (nSPS) is 10.4. The van der Waals surface area contributed by atoms with E-state index in [0.717, 1.165) is 11.5 Å². The summed E-state index contributed by atoms with van der Waals surface area (Å²) in [7, 11) is 1.65. The first-order valence-corrected chi connectivity index (χ1v) is 5.14. The largest absolute Gasteiger partial charge is 0.286 e. The molecule has 2 aromatic heterocycles. The van der Waals surface area contributed by atoms with Gasteiger partial charge < -0.3 is 0 Å². The summed E-state index contributed by atoms with van der Waals surface area (Å²) in [6.07, 6.45) is 1.42. The van der Waals surface area contributed by atoms with Crippen LogP contribution in [0.5, 0.6) is 0 Å². The molecule has 0 aliphatic heterocycles. The van der Waals surface area contributed by atoms with Gasteiger partial charge in [-0.05, 0) is 27.5 Å². The lowest BCUT2D eigenvalue weighted by Gasteiger charge is -1.95. The molecule has 14 heavy (non-hydrogen) atoms. The Bertz CT molecular complexity index is 445. The van der Waals surface area contributed by atoms with Crippen LogP contribution in [0, 0.1) is 0 Å². The summed E-state index contributed by atoms with van der Waals surface area (Å²) in [6.45, 7) is 0. The summed E-state index contributed by atoms with van der Waals surface area (Å²) in [4.78, 5) is 12.3. The molecule has 0 bridgehead atoms. The van der Waals surface area contributed by atoms with Crippen molar-refractivity contribution in [2.45, 2.75) is 0 Å². The van der Waals surface area contributed by atoms with E-state index in [4.69, 9.17) is 0 Å². The monoisotopic (exact) mass is 273 g/mol. The van der Waals surface area contributed by atoms with Crippen LogP contribution in [0.4, 0.5) is 0 Å². The summed E-state index contributed by atoms with van der Waals surface area (Å²) >= 11 is 4.20. The molecule has 6 nitrogen and oxygen atoms in total. The smallest absolute Gasteiger partial charge is 0.227 e. The van der Waals surface area contributed by atoms with Crippen molar-refractivity contribution >= 4 is 33.2 Å². The van der Waals surface area contributed by atoms with Gasteiger partial charge in [-0.25, -0.2) is 4.68 Å². The predicted molar refractivity (Wildman–Crippen MR) is 52.0 cm³/mol. The second kappa shape index (κ2) is 3.54. The van der Waals surface area contributed by atoms with Gasteiger partial charge in [-0.3, -0.25) is 4.79 Å². The average molecular weight is 274 g/mol. The van der Waals surface area contributed by atoms with Crippen molar-refractivity contribution in [3.63, 3.8) is 0 Å². The Kier molecular flexibility index (Phi) is 2.38. The fraction of sp³-hybridized carbons (Fsp3) is 0.167. The first kappa shape index (κ1) is 9.41. The van der Waals surface area contributed by atoms with Crippen molar-refractivity contribution < 1.29 is 4.79 Å². The van der Waals surface area contributed by atoms with E-state index >= 15 is 0 Å². The van der Waals surface area contributed by atoms with E-state index in [2.05, 4.69) is 35.8 Å². The van der Waals surface area contributed by atoms with Crippen molar-refractivity contribution in [1.82, 2.24) is 24.6 Å². The van der Waals surface area contributed by atoms with Crippen molar-refractivity contribution in [3.8, 4) is 0 Å². The maximum atomic E-state index is 11.8. The molecule has 0 radical (unpaired) electrons. The SMILES string of the molecule is Cn1nnc(Br)c1C(=O)c1cnns1. The van der Waals surface area contributed by atoms with Gasteiger partial charge in [0.1, 0.15) is 10.6 Å². The van der Waals surface area contributed by atoms with Crippen LogP contribution in [0.25, 0.3) is 0 Å². The first-order chi connectivity index (χ1) is 6.70. The Balaban J connectivity index is 2.46. The standard InChI is InChI=1S/C6H4BrN5OS/c1-12-4(6(7)9-10-12)5(13)3-2-8-11-14-3/h2H,1H3. The van der Waals surface area contributed by atoms with Crippen LogP contribution in [0.2, 0.25) is 0 Å². The number of rotatable bonds is 2. The predicted octanol–water partition coefficient (Wildman–Crippen LogP) is 0.660. The Labute approximate surface area is 91.2 Å². The van der Waals surface area contributed by atoms with Crippen molar-refractivity contribution in [2.24, 2.45) is 7.05 Å². The molecule has 72 valence electrons. The second-order valence-electron chi connectivity index (χ2n) is 2.46. The summed E-state index contributed by atoms with van der Waals surface area (Å²) in [5, 5.41) is 11.0. The van der Waals surface area contributed by atoms with E-state index < -0.39 is 0 Å². The lowest BCUT2D eigenvalue weighted by atomic mass is 10.3. The van der Waals surface area contributed by atoms with Crippen LogP contribution < -0.4 is 0 Å². The minimum atomic E-state index is -0.181. The van der Waals surface area contributed by atoms with Gasteiger partial charge in [0.15, 0.2) is 4.60 Å². The summed E-state index contributed by atoms with van der Waals surface area (Å²) in [5.41, 5.74) is 0.399. The fourth-order valence-corrected chi connectivity index (χ4v) is 1.92. The van der Waals surface area contributed by atoms with E-state index in [1.54, 1.807) is 7.05 Å². The van der Waals surface area contributed by atoms with Crippen LogP contribution in [-0.4, -0.2) is 30.4 Å². The molecule has 2 aromatic rings. The van der Waals surface area contributed by atoms with Crippen LogP contribution >= 0.6 is 27.5 Å². The van der Waals surface area contributed by atoms with Crippen LogP contribution in [0.15, 0.2) is 10.8 Å². The van der Waals surface area contributed by atoms with E-state index in [9.17, 15) is 4.79 Å². The number of hydrogen-bond acceptors (Lipinski definition) is 6. The molecule has 8 heteroatoms. The molecule has 0 N–H and O–H groups in total. The lowest BCUT2D eigenvalue weighted by Crippen LogP contribution is -2.07. The maximum Gasteiger partial charge on any atom is 0.227 e. The second-order valence-corrected chi connectivity index (χ2v) is 4.00. The van der Waals surface area contributed by atoms with Crippen molar-refractivity contribution in [1.29, 1.82) is 0 Å².